The number of rotatable bonds is 9. The molecule has 0 bridgehead atoms. The van der Waals surface area contributed by atoms with Crippen LogP contribution in [0.1, 0.15) is 51.9 Å². The van der Waals surface area contributed by atoms with E-state index in [2.05, 4.69) is 12.3 Å². The molecule has 0 aromatic carbocycles. The van der Waals surface area contributed by atoms with Gasteiger partial charge < -0.3 is 0 Å². The Morgan fingerprint density at radius 2 is 1.75 bits per heavy atom. The molecule has 0 N–H and O–H groups in total. The van der Waals surface area contributed by atoms with Gasteiger partial charge in [0.05, 0.1) is 0 Å². The molecule has 0 rings (SSSR count). The number of thioether (sulfide) groups is 2. The maximum Gasteiger partial charge on any atom is 0.138 e. The lowest BCUT2D eigenvalue weighted by atomic mass is 10.1. The van der Waals surface area contributed by atoms with Crippen molar-refractivity contribution < 1.29 is 0 Å². The molecule has 0 aromatic heterocycles. The first-order valence-electron chi connectivity index (χ1n) is 5.64. The summed E-state index contributed by atoms with van der Waals surface area (Å²) in [4.78, 5) is 1.02. The first-order chi connectivity index (χ1) is 7.85. The summed E-state index contributed by atoms with van der Waals surface area (Å²) in [7, 11) is 0. The summed E-state index contributed by atoms with van der Waals surface area (Å²) in [6.07, 6.45) is 8.46. The van der Waals surface area contributed by atoms with Crippen LogP contribution in [0.3, 0.4) is 0 Å². The van der Waals surface area contributed by atoms with Gasteiger partial charge in [-0.25, -0.2) is 0 Å². The van der Waals surface area contributed by atoms with Crippen molar-refractivity contribution in [1.29, 1.82) is 10.5 Å². The van der Waals surface area contributed by atoms with Gasteiger partial charge in [0.25, 0.3) is 0 Å². The van der Waals surface area contributed by atoms with Gasteiger partial charge >= 0.3 is 0 Å². The second kappa shape index (κ2) is 12.5. The zero-order chi connectivity index (χ0) is 12.1. The summed E-state index contributed by atoms with van der Waals surface area (Å²) in [6.45, 7) is 2.21. The highest BCUT2D eigenvalue weighted by Crippen LogP contribution is 2.24. The van der Waals surface area contributed by atoms with Crippen molar-refractivity contribution in [1.82, 2.24) is 0 Å². The van der Waals surface area contributed by atoms with Crippen LogP contribution in [0.5, 0.6) is 0 Å². The molecule has 88 valence electrons. The number of hydrogen-bond acceptors (Lipinski definition) is 4. The van der Waals surface area contributed by atoms with Crippen LogP contribution < -0.4 is 0 Å². The fourth-order valence-corrected chi connectivity index (χ4v) is 2.37. The van der Waals surface area contributed by atoms with E-state index in [-0.39, 0.29) is 0 Å². The molecule has 0 aliphatic heterocycles. The zero-order valence-electron chi connectivity index (χ0n) is 9.74. The van der Waals surface area contributed by atoms with E-state index in [0.29, 0.717) is 0 Å². The van der Waals surface area contributed by atoms with Gasteiger partial charge in [-0.05, 0) is 41.8 Å². The van der Waals surface area contributed by atoms with Gasteiger partial charge in [0.2, 0.25) is 0 Å². The van der Waals surface area contributed by atoms with E-state index in [4.69, 9.17) is 10.5 Å². The fourth-order valence-electron chi connectivity index (χ4n) is 1.36. The lowest BCUT2D eigenvalue weighted by Crippen LogP contribution is -1.81. The number of hydrogen-bond donors (Lipinski definition) is 0. The van der Waals surface area contributed by atoms with Gasteiger partial charge in [-0.15, -0.1) is 0 Å². The smallest absolute Gasteiger partial charge is 0.138 e. The number of nitrogens with zero attached hydrogens (tertiary/aromatic N) is 2. The van der Waals surface area contributed by atoms with Crippen molar-refractivity contribution >= 4 is 23.5 Å². The third kappa shape index (κ3) is 9.96. The third-order valence-corrected chi connectivity index (χ3v) is 3.53. The first kappa shape index (κ1) is 15.4. The molecule has 0 unspecified atom stereocenters. The molecule has 0 fully saturated rings. The molecule has 0 saturated heterocycles. The van der Waals surface area contributed by atoms with Crippen LogP contribution in [-0.4, -0.2) is 0 Å². The number of thiocyanates is 2. The average Bonchev–Trinajstić information content (AvgIpc) is 2.30. The van der Waals surface area contributed by atoms with E-state index in [0.717, 1.165) is 29.5 Å². The SMILES string of the molecule is CCCCCCCC/C(=C\SC#N)SC#N. The summed E-state index contributed by atoms with van der Waals surface area (Å²) >= 11 is 2.28. The highest BCUT2D eigenvalue weighted by molar-refractivity contribution is 8.10. The Kier molecular flexibility index (Phi) is 12.0. The minimum Gasteiger partial charge on any atom is -0.185 e. The number of allylic oxidation sites excluding steroid dienone is 1. The van der Waals surface area contributed by atoms with Crippen LogP contribution in [0.15, 0.2) is 10.3 Å². The number of nitriles is 2. The maximum atomic E-state index is 8.59. The summed E-state index contributed by atoms with van der Waals surface area (Å²) in [5.74, 6) is 0. The molecule has 0 aromatic rings. The Bertz CT molecular complexity index is 274. The lowest BCUT2D eigenvalue weighted by Gasteiger charge is -2.01. The van der Waals surface area contributed by atoms with Crippen LogP contribution in [0.25, 0.3) is 0 Å². The minimum absolute atomic E-state index is 0.930. The number of unbranched alkanes of at least 4 members (excludes halogenated alkanes) is 5. The highest BCUT2D eigenvalue weighted by atomic mass is 32.2. The predicted molar refractivity (Wildman–Crippen MR) is 72.5 cm³/mol. The zero-order valence-corrected chi connectivity index (χ0v) is 11.4. The quantitative estimate of drug-likeness (QED) is 0.429. The van der Waals surface area contributed by atoms with Crippen molar-refractivity contribution in [2.75, 3.05) is 0 Å². The molecule has 4 heteroatoms. The fraction of sp³-hybridized carbons (Fsp3) is 0.667. The molecule has 0 aliphatic carbocycles. The Morgan fingerprint density at radius 3 is 2.38 bits per heavy atom. The minimum atomic E-state index is 0.930. The van der Waals surface area contributed by atoms with Crippen molar-refractivity contribution in [2.45, 2.75) is 51.9 Å². The van der Waals surface area contributed by atoms with E-state index >= 15 is 0 Å². The normalized spacial score (nSPS) is 10.8. The average molecular weight is 254 g/mol. The van der Waals surface area contributed by atoms with E-state index in [1.54, 1.807) is 5.41 Å². The highest BCUT2D eigenvalue weighted by Gasteiger charge is 1.98. The molecule has 0 spiro atoms. The van der Waals surface area contributed by atoms with Crippen molar-refractivity contribution in [3.8, 4) is 10.8 Å². The van der Waals surface area contributed by atoms with E-state index in [9.17, 15) is 0 Å². The van der Waals surface area contributed by atoms with Gasteiger partial charge in [0, 0.05) is 4.91 Å². The van der Waals surface area contributed by atoms with E-state index in [1.165, 1.54) is 43.9 Å². The third-order valence-electron chi connectivity index (χ3n) is 2.20. The summed E-state index contributed by atoms with van der Waals surface area (Å²) in [5.41, 5.74) is 0. The van der Waals surface area contributed by atoms with Gasteiger partial charge in [0.15, 0.2) is 0 Å². The lowest BCUT2D eigenvalue weighted by molar-refractivity contribution is 0.610. The molecule has 0 amide bonds. The Balaban J connectivity index is 3.61. The molecular formula is C12H18N2S2. The molecule has 16 heavy (non-hydrogen) atoms. The second-order valence-electron chi connectivity index (χ2n) is 3.50. The summed E-state index contributed by atoms with van der Waals surface area (Å²) < 4.78 is 0. The Morgan fingerprint density at radius 1 is 1.06 bits per heavy atom. The Hall–Kier alpha value is -0.580. The maximum absolute atomic E-state index is 8.59. The second-order valence-corrected chi connectivity index (χ2v) is 5.07. The largest absolute Gasteiger partial charge is 0.185 e. The van der Waals surface area contributed by atoms with Crippen LogP contribution in [0.2, 0.25) is 0 Å². The van der Waals surface area contributed by atoms with Gasteiger partial charge in [-0.2, -0.15) is 10.5 Å². The van der Waals surface area contributed by atoms with Gasteiger partial charge in [0.1, 0.15) is 10.8 Å². The summed E-state index contributed by atoms with van der Waals surface area (Å²) in [6, 6.07) is 0. The molecule has 0 atom stereocenters. The molecule has 0 saturated carbocycles. The van der Waals surface area contributed by atoms with Crippen molar-refractivity contribution in [2.24, 2.45) is 0 Å². The van der Waals surface area contributed by atoms with Gasteiger partial charge in [-0.1, -0.05) is 39.0 Å². The van der Waals surface area contributed by atoms with Crippen molar-refractivity contribution in [3.63, 3.8) is 0 Å². The van der Waals surface area contributed by atoms with Gasteiger partial charge in [-0.3, -0.25) is 0 Å². The topological polar surface area (TPSA) is 47.6 Å². The molecule has 0 aliphatic rings. The molecular weight excluding hydrogens is 236 g/mol. The van der Waals surface area contributed by atoms with Crippen LogP contribution in [-0.2, 0) is 0 Å². The monoisotopic (exact) mass is 254 g/mol. The first-order valence-corrected chi connectivity index (χ1v) is 7.34. The molecule has 0 radical (unpaired) electrons. The van der Waals surface area contributed by atoms with Crippen LogP contribution in [0, 0.1) is 21.3 Å². The molecule has 0 heterocycles. The Labute approximate surface area is 107 Å². The van der Waals surface area contributed by atoms with Crippen LogP contribution in [0.4, 0.5) is 0 Å². The van der Waals surface area contributed by atoms with Crippen molar-refractivity contribution in [3.05, 3.63) is 10.3 Å². The summed E-state index contributed by atoms with van der Waals surface area (Å²) in [5, 5.41) is 22.9. The molecule has 2 nitrogen and oxygen atoms in total. The van der Waals surface area contributed by atoms with E-state index < -0.39 is 0 Å². The van der Waals surface area contributed by atoms with Crippen LogP contribution >= 0.6 is 23.5 Å². The predicted octanol–water partition coefficient (Wildman–Crippen LogP) is 5.01. The standard InChI is InChI=1S/C12H18N2S2/c1-2-3-4-5-6-7-8-12(16-11-14)9-15-10-13/h9H,2-8H2,1H3/b12-9+. The van der Waals surface area contributed by atoms with E-state index in [1.807, 2.05) is 5.40 Å².